The van der Waals surface area contributed by atoms with Crippen molar-refractivity contribution in [3.8, 4) is 0 Å². The number of rotatable bonds is 2. The Labute approximate surface area is 113 Å². The lowest BCUT2D eigenvalue weighted by molar-refractivity contribution is 0.354. The molecular formula is C15H19ClN2. The maximum atomic E-state index is 6.08. The van der Waals surface area contributed by atoms with Gasteiger partial charge in [-0.3, -0.25) is 0 Å². The largest absolute Gasteiger partial charge is 0.324 e. The third-order valence-corrected chi connectivity index (χ3v) is 4.78. The Hall–Kier alpha value is -1.02. The van der Waals surface area contributed by atoms with Gasteiger partial charge in [0.2, 0.25) is 0 Å². The van der Waals surface area contributed by atoms with Crippen LogP contribution in [0.5, 0.6) is 0 Å². The van der Waals surface area contributed by atoms with Crippen molar-refractivity contribution in [1.29, 1.82) is 0 Å². The summed E-state index contributed by atoms with van der Waals surface area (Å²) in [4.78, 5) is 4.67. The number of benzene rings is 1. The van der Waals surface area contributed by atoms with E-state index < -0.39 is 0 Å². The van der Waals surface area contributed by atoms with Crippen LogP contribution in [-0.4, -0.2) is 9.55 Å². The maximum Gasteiger partial charge on any atom is 0.125 e. The summed E-state index contributed by atoms with van der Waals surface area (Å²) in [7, 11) is 0. The molecule has 1 aromatic carbocycles. The SMILES string of the molecule is CC1CCC(n2c(CCl)nc3ccccc32)C1C. The van der Waals surface area contributed by atoms with Crippen LogP contribution in [0.4, 0.5) is 0 Å². The highest BCUT2D eigenvalue weighted by atomic mass is 35.5. The fourth-order valence-electron chi connectivity index (χ4n) is 3.26. The molecule has 3 atom stereocenters. The molecule has 0 aliphatic heterocycles. The number of hydrogen-bond donors (Lipinski definition) is 0. The van der Waals surface area contributed by atoms with Crippen LogP contribution in [0.2, 0.25) is 0 Å². The summed E-state index contributed by atoms with van der Waals surface area (Å²) in [5.41, 5.74) is 2.30. The van der Waals surface area contributed by atoms with Crippen LogP contribution < -0.4 is 0 Å². The van der Waals surface area contributed by atoms with Gasteiger partial charge in [-0.05, 0) is 36.8 Å². The van der Waals surface area contributed by atoms with Crippen LogP contribution >= 0.6 is 11.6 Å². The van der Waals surface area contributed by atoms with Gasteiger partial charge in [0.1, 0.15) is 5.82 Å². The van der Waals surface area contributed by atoms with Crippen molar-refractivity contribution >= 4 is 22.6 Å². The number of halogens is 1. The zero-order valence-electron chi connectivity index (χ0n) is 10.9. The second-order valence-corrected chi connectivity index (χ2v) is 5.77. The normalized spacial score (nSPS) is 28.1. The summed E-state index contributed by atoms with van der Waals surface area (Å²) in [5, 5.41) is 0. The first-order chi connectivity index (χ1) is 8.72. The first-order valence-electron chi connectivity index (χ1n) is 6.74. The molecule has 0 amide bonds. The highest BCUT2D eigenvalue weighted by Crippen LogP contribution is 2.42. The molecule has 1 aromatic heterocycles. The van der Waals surface area contributed by atoms with Crippen LogP contribution in [0.1, 0.15) is 38.6 Å². The molecule has 0 N–H and O–H groups in total. The van der Waals surface area contributed by atoms with Gasteiger partial charge in [-0.1, -0.05) is 26.0 Å². The van der Waals surface area contributed by atoms with Crippen molar-refractivity contribution in [3.63, 3.8) is 0 Å². The molecular weight excluding hydrogens is 244 g/mol. The average molecular weight is 263 g/mol. The Morgan fingerprint density at radius 1 is 1.28 bits per heavy atom. The van der Waals surface area contributed by atoms with E-state index in [4.69, 9.17) is 11.6 Å². The average Bonchev–Trinajstić information content (AvgIpc) is 2.91. The predicted octanol–water partition coefficient (Wildman–Crippen LogP) is 4.38. The minimum absolute atomic E-state index is 0.492. The lowest BCUT2D eigenvalue weighted by atomic mass is 9.97. The summed E-state index contributed by atoms with van der Waals surface area (Å²) in [6.07, 6.45) is 2.55. The number of aromatic nitrogens is 2. The van der Waals surface area contributed by atoms with Gasteiger partial charge in [-0.2, -0.15) is 0 Å². The van der Waals surface area contributed by atoms with Gasteiger partial charge in [0.05, 0.1) is 16.9 Å². The third-order valence-electron chi connectivity index (χ3n) is 4.54. The number of alkyl halides is 1. The quantitative estimate of drug-likeness (QED) is 0.735. The lowest BCUT2D eigenvalue weighted by Crippen LogP contribution is -2.16. The number of hydrogen-bond acceptors (Lipinski definition) is 1. The second kappa shape index (κ2) is 4.58. The fourth-order valence-corrected chi connectivity index (χ4v) is 3.45. The van der Waals surface area contributed by atoms with E-state index in [2.05, 4.69) is 41.6 Å². The van der Waals surface area contributed by atoms with E-state index in [-0.39, 0.29) is 0 Å². The third kappa shape index (κ3) is 1.74. The second-order valence-electron chi connectivity index (χ2n) is 5.50. The first-order valence-corrected chi connectivity index (χ1v) is 7.27. The van der Waals surface area contributed by atoms with Crippen LogP contribution in [0.15, 0.2) is 24.3 Å². The molecule has 3 heteroatoms. The van der Waals surface area contributed by atoms with Crippen molar-refractivity contribution in [1.82, 2.24) is 9.55 Å². The predicted molar refractivity (Wildman–Crippen MR) is 75.9 cm³/mol. The van der Waals surface area contributed by atoms with Crippen LogP contribution in [0.3, 0.4) is 0 Å². The molecule has 0 radical (unpaired) electrons. The smallest absolute Gasteiger partial charge is 0.125 e. The molecule has 18 heavy (non-hydrogen) atoms. The molecule has 2 nitrogen and oxygen atoms in total. The molecule has 1 saturated carbocycles. The molecule has 3 unspecified atom stereocenters. The van der Waals surface area contributed by atoms with Gasteiger partial charge in [0.25, 0.3) is 0 Å². The van der Waals surface area contributed by atoms with Crippen molar-refractivity contribution in [2.75, 3.05) is 0 Å². The summed E-state index contributed by atoms with van der Waals surface area (Å²) >= 11 is 6.08. The van der Waals surface area contributed by atoms with Crippen LogP contribution in [0, 0.1) is 11.8 Å². The lowest BCUT2D eigenvalue weighted by Gasteiger charge is -2.22. The fraction of sp³-hybridized carbons (Fsp3) is 0.533. The number of para-hydroxylation sites is 2. The van der Waals surface area contributed by atoms with Crippen molar-refractivity contribution in [2.45, 2.75) is 38.6 Å². The van der Waals surface area contributed by atoms with Gasteiger partial charge >= 0.3 is 0 Å². The molecule has 96 valence electrons. The summed E-state index contributed by atoms with van der Waals surface area (Å²) in [5.74, 6) is 3.00. The summed E-state index contributed by atoms with van der Waals surface area (Å²) in [6.45, 7) is 4.71. The molecule has 1 heterocycles. The minimum atomic E-state index is 0.492. The zero-order valence-corrected chi connectivity index (χ0v) is 11.7. The molecule has 1 aliphatic rings. The molecule has 3 rings (SSSR count). The molecule has 1 aliphatic carbocycles. The minimum Gasteiger partial charge on any atom is -0.324 e. The molecule has 0 saturated heterocycles. The standard InChI is InChI=1S/C15H19ClN2/c1-10-7-8-13(11(10)2)18-14-6-4-3-5-12(14)17-15(18)9-16/h3-6,10-11,13H,7-9H2,1-2H3. The number of imidazole rings is 1. The van der Waals surface area contributed by atoms with Crippen molar-refractivity contribution in [3.05, 3.63) is 30.1 Å². The van der Waals surface area contributed by atoms with E-state index in [1.807, 2.05) is 6.07 Å². The molecule has 0 bridgehead atoms. The van der Waals surface area contributed by atoms with E-state index in [9.17, 15) is 0 Å². The van der Waals surface area contributed by atoms with Crippen molar-refractivity contribution in [2.24, 2.45) is 11.8 Å². The van der Waals surface area contributed by atoms with Gasteiger partial charge in [-0.15, -0.1) is 11.6 Å². The Morgan fingerprint density at radius 2 is 2.06 bits per heavy atom. The van der Waals surface area contributed by atoms with Crippen LogP contribution in [0.25, 0.3) is 11.0 Å². The number of nitrogens with zero attached hydrogens (tertiary/aromatic N) is 2. The van der Waals surface area contributed by atoms with Gasteiger partial charge in [0.15, 0.2) is 0 Å². The van der Waals surface area contributed by atoms with E-state index in [1.54, 1.807) is 0 Å². The molecule has 2 aromatic rings. The number of fused-ring (bicyclic) bond motifs is 1. The Morgan fingerprint density at radius 3 is 2.72 bits per heavy atom. The monoisotopic (exact) mass is 262 g/mol. The highest BCUT2D eigenvalue weighted by Gasteiger charge is 2.33. The summed E-state index contributed by atoms with van der Waals surface area (Å²) < 4.78 is 2.39. The van der Waals surface area contributed by atoms with Crippen LogP contribution in [-0.2, 0) is 5.88 Å². The summed E-state index contributed by atoms with van der Waals surface area (Å²) in [6, 6.07) is 8.92. The Kier molecular flexibility index (Phi) is 3.06. The van der Waals surface area contributed by atoms with Gasteiger partial charge in [-0.25, -0.2) is 4.98 Å². The van der Waals surface area contributed by atoms with E-state index in [0.717, 1.165) is 17.3 Å². The molecule has 1 fully saturated rings. The van der Waals surface area contributed by atoms with Crippen molar-refractivity contribution < 1.29 is 0 Å². The topological polar surface area (TPSA) is 17.8 Å². The Bertz CT molecular complexity index is 561. The maximum absolute atomic E-state index is 6.08. The van der Waals surface area contributed by atoms with E-state index >= 15 is 0 Å². The van der Waals surface area contributed by atoms with Gasteiger partial charge < -0.3 is 4.57 Å². The first kappa shape index (κ1) is 12.0. The van der Waals surface area contributed by atoms with E-state index in [0.29, 0.717) is 17.8 Å². The Balaban J connectivity index is 2.15. The zero-order chi connectivity index (χ0) is 12.7. The molecule has 0 spiro atoms. The van der Waals surface area contributed by atoms with E-state index in [1.165, 1.54) is 18.4 Å². The van der Waals surface area contributed by atoms with Gasteiger partial charge in [0, 0.05) is 6.04 Å². The highest BCUT2D eigenvalue weighted by molar-refractivity contribution is 6.16.